The van der Waals surface area contributed by atoms with E-state index in [1.807, 2.05) is 37.3 Å². The van der Waals surface area contributed by atoms with Gasteiger partial charge in [-0.2, -0.15) is 0 Å². The summed E-state index contributed by atoms with van der Waals surface area (Å²) in [5.74, 6) is -1.06. The summed E-state index contributed by atoms with van der Waals surface area (Å²) in [6.07, 6.45) is 0.180. The Balaban J connectivity index is 1.83. The minimum absolute atomic E-state index is 0.0281. The summed E-state index contributed by atoms with van der Waals surface area (Å²) in [6, 6.07) is 26.0. The number of amides is 2. The molecule has 0 aliphatic rings. The summed E-state index contributed by atoms with van der Waals surface area (Å²) in [7, 11) is -2.83. The number of benzene rings is 4. The van der Waals surface area contributed by atoms with E-state index in [4.69, 9.17) is 34.8 Å². The van der Waals surface area contributed by atoms with E-state index in [1.165, 1.54) is 36.2 Å². The van der Waals surface area contributed by atoms with Gasteiger partial charge < -0.3 is 10.2 Å². The van der Waals surface area contributed by atoms with Crippen molar-refractivity contribution in [3.05, 3.63) is 129 Å². The van der Waals surface area contributed by atoms with Gasteiger partial charge in [0.25, 0.3) is 10.0 Å². The number of halogens is 3. The fraction of sp³-hybridized carbons (Fsp3) is 0.188. The van der Waals surface area contributed by atoms with Crippen molar-refractivity contribution in [2.45, 2.75) is 30.8 Å². The molecule has 0 heterocycles. The number of rotatable bonds is 11. The quantitative estimate of drug-likeness (QED) is 0.198. The van der Waals surface area contributed by atoms with Gasteiger partial charge in [0.1, 0.15) is 12.6 Å². The molecule has 0 aliphatic carbocycles. The third kappa shape index (κ3) is 7.70. The fourth-order valence-electron chi connectivity index (χ4n) is 4.57. The molecule has 0 saturated carbocycles. The Morgan fingerprint density at radius 2 is 1.44 bits per heavy atom. The highest BCUT2D eigenvalue weighted by Crippen LogP contribution is 2.36. The standard InChI is InChI=1S/C32H30Cl3N3O4S/c1-22-15-17-25(18-16-22)43(41,42)38(28-14-8-13-27(34)31(28)35)21-30(39)37(20-24-11-6-7-12-26(24)33)29(32(40)36-2)19-23-9-4-3-5-10-23/h3-18,29H,19-21H2,1-2H3,(H,36,40)/t29-/m1/s1. The second kappa shape index (κ2) is 14.3. The Hall–Kier alpha value is -3.56. The minimum Gasteiger partial charge on any atom is -0.357 e. The van der Waals surface area contributed by atoms with E-state index < -0.39 is 34.4 Å². The number of nitrogens with one attached hydrogen (secondary N) is 1. The van der Waals surface area contributed by atoms with Gasteiger partial charge in [-0.25, -0.2) is 8.42 Å². The minimum atomic E-state index is -4.31. The average Bonchev–Trinajstić information content (AvgIpc) is 3.00. The van der Waals surface area contributed by atoms with Gasteiger partial charge in [-0.05, 0) is 48.4 Å². The van der Waals surface area contributed by atoms with Crippen LogP contribution >= 0.6 is 34.8 Å². The van der Waals surface area contributed by atoms with Crippen molar-refractivity contribution in [1.29, 1.82) is 0 Å². The van der Waals surface area contributed by atoms with E-state index in [1.54, 1.807) is 42.5 Å². The summed E-state index contributed by atoms with van der Waals surface area (Å²) >= 11 is 19.3. The Labute approximate surface area is 267 Å². The van der Waals surface area contributed by atoms with E-state index >= 15 is 0 Å². The molecule has 0 radical (unpaired) electrons. The maximum atomic E-state index is 14.3. The van der Waals surface area contributed by atoms with Crippen LogP contribution in [0.25, 0.3) is 0 Å². The Bertz CT molecular complexity index is 1700. The lowest BCUT2D eigenvalue weighted by molar-refractivity contribution is -0.139. The largest absolute Gasteiger partial charge is 0.357 e. The second-order valence-electron chi connectivity index (χ2n) is 9.83. The first-order valence-electron chi connectivity index (χ1n) is 13.3. The number of hydrogen-bond donors (Lipinski definition) is 1. The molecule has 0 saturated heterocycles. The summed E-state index contributed by atoms with van der Waals surface area (Å²) in [5, 5.41) is 3.14. The van der Waals surface area contributed by atoms with Crippen LogP contribution in [-0.4, -0.2) is 44.8 Å². The van der Waals surface area contributed by atoms with Gasteiger partial charge >= 0.3 is 0 Å². The molecule has 224 valence electrons. The van der Waals surface area contributed by atoms with E-state index in [-0.39, 0.29) is 33.6 Å². The molecule has 11 heteroatoms. The molecular formula is C32H30Cl3N3O4S. The first kappa shape index (κ1) is 32.4. The van der Waals surface area contributed by atoms with E-state index in [9.17, 15) is 18.0 Å². The highest BCUT2D eigenvalue weighted by Gasteiger charge is 2.35. The van der Waals surface area contributed by atoms with Crippen LogP contribution in [0.5, 0.6) is 0 Å². The number of sulfonamides is 1. The molecule has 0 fully saturated rings. The molecule has 7 nitrogen and oxygen atoms in total. The van der Waals surface area contributed by atoms with Crippen molar-refractivity contribution >= 4 is 62.3 Å². The van der Waals surface area contributed by atoms with E-state index in [0.29, 0.717) is 10.6 Å². The number of anilines is 1. The van der Waals surface area contributed by atoms with Crippen molar-refractivity contribution in [2.24, 2.45) is 0 Å². The van der Waals surface area contributed by atoms with Crippen molar-refractivity contribution < 1.29 is 18.0 Å². The Morgan fingerprint density at radius 1 is 0.814 bits per heavy atom. The zero-order chi connectivity index (χ0) is 31.1. The smallest absolute Gasteiger partial charge is 0.264 e. The molecule has 1 N–H and O–H groups in total. The fourth-order valence-corrected chi connectivity index (χ4v) is 6.64. The number of aryl methyl sites for hydroxylation is 1. The van der Waals surface area contributed by atoms with Crippen LogP contribution in [0.4, 0.5) is 5.69 Å². The van der Waals surface area contributed by atoms with Crippen LogP contribution in [0.3, 0.4) is 0 Å². The predicted octanol–water partition coefficient (Wildman–Crippen LogP) is 6.54. The Kier molecular flexibility index (Phi) is 10.7. The van der Waals surface area contributed by atoms with Crippen molar-refractivity contribution in [2.75, 3.05) is 17.9 Å². The van der Waals surface area contributed by atoms with Crippen LogP contribution in [-0.2, 0) is 32.6 Å². The third-order valence-electron chi connectivity index (χ3n) is 6.90. The first-order valence-corrected chi connectivity index (χ1v) is 15.9. The molecule has 4 rings (SSSR count). The molecule has 0 unspecified atom stereocenters. The van der Waals surface area contributed by atoms with Crippen molar-refractivity contribution in [1.82, 2.24) is 10.2 Å². The summed E-state index contributed by atoms with van der Waals surface area (Å²) < 4.78 is 29.1. The van der Waals surface area contributed by atoms with Gasteiger partial charge in [0.15, 0.2) is 0 Å². The number of hydrogen-bond acceptors (Lipinski definition) is 4. The zero-order valence-electron chi connectivity index (χ0n) is 23.5. The molecule has 0 spiro atoms. The van der Waals surface area contributed by atoms with E-state index in [2.05, 4.69) is 5.32 Å². The van der Waals surface area contributed by atoms with Crippen LogP contribution in [0.15, 0.2) is 102 Å². The number of carbonyl (C=O) groups excluding carboxylic acids is 2. The first-order chi connectivity index (χ1) is 20.5. The highest BCUT2D eigenvalue weighted by atomic mass is 35.5. The van der Waals surface area contributed by atoms with Crippen molar-refractivity contribution in [3.8, 4) is 0 Å². The zero-order valence-corrected chi connectivity index (χ0v) is 26.6. The van der Waals surface area contributed by atoms with Gasteiger partial charge in [-0.1, -0.05) is 107 Å². The maximum absolute atomic E-state index is 14.3. The molecule has 0 bridgehead atoms. The maximum Gasteiger partial charge on any atom is 0.264 e. The number of carbonyl (C=O) groups is 2. The Morgan fingerprint density at radius 3 is 2.09 bits per heavy atom. The predicted molar refractivity (Wildman–Crippen MR) is 172 cm³/mol. The molecular weight excluding hydrogens is 629 g/mol. The lowest BCUT2D eigenvalue weighted by Crippen LogP contribution is -2.53. The molecule has 4 aromatic rings. The molecule has 43 heavy (non-hydrogen) atoms. The average molecular weight is 659 g/mol. The lowest BCUT2D eigenvalue weighted by atomic mass is 10.0. The summed E-state index contributed by atoms with van der Waals surface area (Å²) in [5.41, 5.74) is 2.30. The van der Waals surface area contributed by atoms with Crippen LogP contribution < -0.4 is 9.62 Å². The van der Waals surface area contributed by atoms with Crippen molar-refractivity contribution in [3.63, 3.8) is 0 Å². The lowest BCUT2D eigenvalue weighted by Gasteiger charge is -2.34. The topological polar surface area (TPSA) is 86.8 Å². The van der Waals surface area contributed by atoms with Crippen LogP contribution in [0.2, 0.25) is 15.1 Å². The van der Waals surface area contributed by atoms with Crippen LogP contribution in [0, 0.1) is 6.92 Å². The van der Waals surface area contributed by atoms with E-state index in [0.717, 1.165) is 15.4 Å². The molecule has 1 atom stereocenters. The molecule has 2 amide bonds. The van der Waals surface area contributed by atoms with Gasteiger partial charge in [0.05, 0.1) is 20.6 Å². The molecule has 4 aromatic carbocycles. The number of nitrogens with zero attached hydrogens (tertiary/aromatic N) is 2. The third-order valence-corrected chi connectivity index (χ3v) is 9.86. The van der Waals surface area contributed by atoms with Gasteiger partial charge in [-0.3, -0.25) is 13.9 Å². The molecule has 0 aliphatic heterocycles. The summed E-state index contributed by atoms with van der Waals surface area (Å²) in [4.78, 5) is 29.0. The van der Waals surface area contributed by atoms with Crippen LogP contribution in [0.1, 0.15) is 16.7 Å². The van der Waals surface area contributed by atoms with Gasteiger partial charge in [0, 0.05) is 25.0 Å². The van der Waals surface area contributed by atoms with Gasteiger partial charge in [0.2, 0.25) is 11.8 Å². The highest BCUT2D eigenvalue weighted by molar-refractivity contribution is 7.92. The normalized spacial score (nSPS) is 11.9. The summed E-state index contributed by atoms with van der Waals surface area (Å²) in [6.45, 7) is 1.12. The number of likely N-dealkylation sites (N-methyl/N-ethyl adjacent to an activating group) is 1. The molecule has 0 aromatic heterocycles. The van der Waals surface area contributed by atoms with Gasteiger partial charge in [-0.15, -0.1) is 0 Å². The SMILES string of the molecule is CNC(=O)[C@@H](Cc1ccccc1)N(Cc1ccccc1Cl)C(=O)CN(c1cccc(Cl)c1Cl)S(=O)(=O)c1ccc(C)cc1. The monoisotopic (exact) mass is 657 g/mol. The second-order valence-corrected chi connectivity index (χ2v) is 12.9.